The molecule has 0 aromatic rings. The summed E-state index contributed by atoms with van der Waals surface area (Å²) in [5.74, 6) is 2.41. The highest BCUT2D eigenvalue weighted by Gasteiger charge is 2.30. The Morgan fingerprint density at radius 2 is 1.90 bits per heavy atom. The van der Waals surface area contributed by atoms with E-state index < -0.39 is 0 Å². The van der Waals surface area contributed by atoms with Crippen LogP contribution in [0.5, 0.6) is 0 Å². The van der Waals surface area contributed by atoms with Gasteiger partial charge < -0.3 is 4.90 Å². The summed E-state index contributed by atoms with van der Waals surface area (Å²) in [4.78, 5) is 2.43. The van der Waals surface area contributed by atoms with Crippen LogP contribution in [0.2, 0.25) is 0 Å². The van der Waals surface area contributed by atoms with Gasteiger partial charge >= 0.3 is 0 Å². The van der Waals surface area contributed by atoms with E-state index in [1.54, 1.807) is 16.7 Å². The molecule has 0 saturated heterocycles. The van der Waals surface area contributed by atoms with Crippen LogP contribution in [0.15, 0.2) is 22.8 Å². The number of rotatable bonds is 7. The van der Waals surface area contributed by atoms with Crippen LogP contribution in [0, 0.1) is 17.8 Å². The molecule has 0 N–H and O–H groups in total. The first kappa shape index (κ1) is 15.8. The molecule has 1 atom stereocenters. The molecule has 2 aliphatic carbocycles. The van der Waals surface area contributed by atoms with E-state index in [0.29, 0.717) is 0 Å². The Bertz CT molecular complexity index is 385. The van der Waals surface area contributed by atoms with Gasteiger partial charge in [-0.2, -0.15) is 0 Å². The third-order valence-electron chi connectivity index (χ3n) is 5.23. The smallest absolute Gasteiger partial charge is 0.00163 e. The van der Waals surface area contributed by atoms with Gasteiger partial charge in [0.15, 0.2) is 0 Å². The molecule has 1 fully saturated rings. The van der Waals surface area contributed by atoms with Crippen molar-refractivity contribution in [1.29, 1.82) is 0 Å². The lowest BCUT2D eigenvalue weighted by molar-refractivity contribution is 0.328. The van der Waals surface area contributed by atoms with Crippen molar-refractivity contribution in [1.82, 2.24) is 4.90 Å². The molecular formula is C19H33N. The van der Waals surface area contributed by atoms with Crippen molar-refractivity contribution in [3.63, 3.8) is 0 Å². The largest absolute Gasteiger partial charge is 0.307 e. The predicted octanol–water partition coefficient (Wildman–Crippen LogP) is 5.05. The fraction of sp³-hybridized carbons (Fsp3) is 0.789. The summed E-state index contributed by atoms with van der Waals surface area (Å²) in [6.45, 7) is 11.8. The Hall–Kier alpha value is -0.560. The SMILES string of the molecule is CCN(C)CCC(C)C1=CC(C2CC2)=C(C(C)C)CC1. The van der Waals surface area contributed by atoms with Gasteiger partial charge in [0.05, 0.1) is 0 Å². The Labute approximate surface area is 126 Å². The highest BCUT2D eigenvalue weighted by Crippen LogP contribution is 2.45. The van der Waals surface area contributed by atoms with Crippen molar-refractivity contribution >= 4 is 0 Å². The minimum Gasteiger partial charge on any atom is -0.307 e. The van der Waals surface area contributed by atoms with Gasteiger partial charge in [-0.3, -0.25) is 0 Å². The van der Waals surface area contributed by atoms with E-state index in [0.717, 1.165) is 24.3 Å². The van der Waals surface area contributed by atoms with Crippen molar-refractivity contribution < 1.29 is 0 Å². The molecule has 114 valence electrons. The van der Waals surface area contributed by atoms with Crippen LogP contribution in [0.3, 0.4) is 0 Å². The summed E-state index contributed by atoms with van der Waals surface area (Å²) in [5, 5.41) is 0. The lowest BCUT2D eigenvalue weighted by atomic mass is 9.80. The maximum absolute atomic E-state index is 2.60. The van der Waals surface area contributed by atoms with Crippen LogP contribution in [-0.4, -0.2) is 25.0 Å². The van der Waals surface area contributed by atoms with Crippen molar-refractivity contribution in [3.8, 4) is 0 Å². The first-order chi connectivity index (χ1) is 9.52. The Morgan fingerprint density at radius 1 is 1.20 bits per heavy atom. The second-order valence-corrected chi connectivity index (χ2v) is 7.21. The maximum Gasteiger partial charge on any atom is -0.00163 e. The molecule has 1 saturated carbocycles. The second kappa shape index (κ2) is 6.93. The van der Waals surface area contributed by atoms with E-state index in [1.165, 1.54) is 38.6 Å². The number of nitrogens with zero attached hydrogens (tertiary/aromatic N) is 1. The molecule has 20 heavy (non-hydrogen) atoms. The molecule has 1 nitrogen and oxygen atoms in total. The fourth-order valence-corrected chi connectivity index (χ4v) is 3.33. The number of hydrogen-bond donors (Lipinski definition) is 0. The average molecular weight is 275 g/mol. The standard InChI is InChI=1S/C19H33N/c1-6-20(5)12-11-15(4)17-9-10-18(14(2)3)19(13-17)16-7-8-16/h13-16H,6-12H2,1-5H3. The molecule has 0 aromatic carbocycles. The molecule has 2 aliphatic rings. The van der Waals surface area contributed by atoms with E-state index in [4.69, 9.17) is 0 Å². The third kappa shape index (κ3) is 3.97. The molecule has 0 radical (unpaired) electrons. The van der Waals surface area contributed by atoms with E-state index in [-0.39, 0.29) is 0 Å². The minimum absolute atomic E-state index is 0.741. The summed E-state index contributed by atoms with van der Waals surface area (Å²) in [7, 11) is 2.23. The van der Waals surface area contributed by atoms with Crippen molar-refractivity contribution in [2.75, 3.05) is 20.1 Å². The molecule has 1 unspecified atom stereocenters. The van der Waals surface area contributed by atoms with Crippen molar-refractivity contribution in [2.24, 2.45) is 17.8 Å². The lowest BCUT2D eigenvalue weighted by Crippen LogP contribution is -2.21. The highest BCUT2D eigenvalue weighted by atomic mass is 15.1. The van der Waals surface area contributed by atoms with Crippen molar-refractivity contribution in [2.45, 2.75) is 59.8 Å². The molecule has 0 heterocycles. The van der Waals surface area contributed by atoms with E-state index in [2.05, 4.69) is 45.7 Å². The molecule has 0 aromatic heterocycles. The zero-order valence-corrected chi connectivity index (χ0v) is 14.2. The summed E-state index contributed by atoms with van der Waals surface area (Å²) >= 11 is 0. The molecule has 0 spiro atoms. The normalized spacial score (nSPS) is 21.6. The molecule has 0 bridgehead atoms. The fourth-order valence-electron chi connectivity index (χ4n) is 3.33. The van der Waals surface area contributed by atoms with Gasteiger partial charge in [-0.05, 0) is 75.6 Å². The van der Waals surface area contributed by atoms with E-state index >= 15 is 0 Å². The Morgan fingerprint density at radius 3 is 2.45 bits per heavy atom. The minimum atomic E-state index is 0.741. The second-order valence-electron chi connectivity index (χ2n) is 7.21. The first-order valence-electron chi connectivity index (χ1n) is 8.64. The number of allylic oxidation sites excluding steroid dienone is 4. The first-order valence-corrected chi connectivity index (χ1v) is 8.64. The van der Waals surface area contributed by atoms with Gasteiger partial charge in [-0.15, -0.1) is 0 Å². The van der Waals surface area contributed by atoms with E-state index in [1.807, 2.05) is 0 Å². The van der Waals surface area contributed by atoms with E-state index in [9.17, 15) is 0 Å². The zero-order valence-electron chi connectivity index (χ0n) is 14.2. The zero-order chi connectivity index (χ0) is 14.7. The van der Waals surface area contributed by atoms with Crippen LogP contribution in [0.1, 0.15) is 59.8 Å². The van der Waals surface area contributed by atoms with Crippen LogP contribution in [0.25, 0.3) is 0 Å². The highest BCUT2D eigenvalue weighted by molar-refractivity contribution is 5.39. The average Bonchev–Trinajstić information content (AvgIpc) is 3.28. The summed E-state index contributed by atoms with van der Waals surface area (Å²) in [6, 6.07) is 0. The number of hydrogen-bond acceptors (Lipinski definition) is 1. The summed E-state index contributed by atoms with van der Waals surface area (Å²) in [5.41, 5.74) is 5.21. The van der Waals surface area contributed by atoms with Crippen molar-refractivity contribution in [3.05, 3.63) is 22.8 Å². The van der Waals surface area contributed by atoms with Crippen LogP contribution in [0.4, 0.5) is 0 Å². The maximum atomic E-state index is 2.60. The van der Waals surface area contributed by atoms with Gasteiger partial charge in [-0.25, -0.2) is 0 Å². The monoisotopic (exact) mass is 275 g/mol. The van der Waals surface area contributed by atoms with Gasteiger partial charge in [-0.1, -0.05) is 44.9 Å². The molecule has 2 rings (SSSR count). The van der Waals surface area contributed by atoms with Gasteiger partial charge in [0.25, 0.3) is 0 Å². The van der Waals surface area contributed by atoms with Crippen LogP contribution >= 0.6 is 0 Å². The summed E-state index contributed by atoms with van der Waals surface area (Å²) < 4.78 is 0. The molecule has 0 amide bonds. The van der Waals surface area contributed by atoms with Crippen LogP contribution < -0.4 is 0 Å². The Balaban J connectivity index is 2.03. The molecular weight excluding hydrogens is 242 g/mol. The van der Waals surface area contributed by atoms with Gasteiger partial charge in [0, 0.05) is 0 Å². The third-order valence-corrected chi connectivity index (χ3v) is 5.23. The summed E-state index contributed by atoms with van der Waals surface area (Å²) in [6.07, 6.45) is 9.41. The molecule has 0 aliphatic heterocycles. The Kier molecular flexibility index (Phi) is 5.49. The lowest BCUT2D eigenvalue weighted by Gasteiger charge is -2.27. The topological polar surface area (TPSA) is 3.24 Å². The predicted molar refractivity (Wildman–Crippen MR) is 88.9 cm³/mol. The molecule has 1 heteroatoms. The quantitative estimate of drug-likeness (QED) is 0.628. The van der Waals surface area contributed by atoms with Gasteiger partial charge in [0.2, 0.25) is 0 Å². The van der Waals surface area contributed by atoms with Gasteiger partial charge in [0.1, 0.15) is 0 Å². The van der Waals surface area contributed by atoms with Crippen LogP contribution in [-0.2, 0) is 0 Å².